The molecule has 2 aliphatic rings. The molecule has 0 aromatic heterocycles. The summed E-state index contributed by atoms with van der Waals surface area (Å²) < 4.78 is 81.8. The predicted molar refractivity (Wildman–Crippen MR) is 134 cm³/mol. The van der Waals surface area contributed by atoms with Crippen molar-refractivity contribution in [2.24, 2.45) is 11.7 Å². The zero-order chi connectivity index (χ0) is 28.9. The number of amides is 1. The number of rotatable bonds is 6. The number of hydrogen-bond donors (Lipinski definition) is 1. The van der Waals surface area contributed by atoms with Gasteiger partial charge in [0.25, 0.3) is 0 Å². The number of hydroxylamine groups is 3. The fourth-order valence-corrected chi connectivity index (χ4v) is 7.02. The summed E-state index contributed by atoms with van der Waals surface area (Å²) in [7, 11) is 0. The van der Waals surface area contributed by atoms with Gasteiger partial charge in [-0.15, -0.1) is 0 Å². The molecule has 1 aliphatic carbocycles. The summed E-state index contributed by atoms with van der Waals surface area (Å²) >= 11 is 0. The van der Waals surface area contributed by atoms with Gasteiger partial charge in [-0.3, -0.25) is 4.79 Å². The smallest absolute Gasteiger partial charge is 0.369 e. The molecule has 1 saturated carbocycles. The highest BCUT2D eigenvalue weighted by molar-refractivity contribution is 5.78. The molecule has 0 spiro atoms. The number of alkyl halides is 6. The molecule has 0 bridgehead atoms. The Hall–Kier alpha value is -2.59. The summed E-state index contributed by atoms with van der Waals surface area (Å²) in [5, 5.41) is 0. The molecule has 1 aliphatic heterocycles. The highest BCUT2D eigenvalue weighted by atomic mass is 19.4. The quantitative estimate of drug-likeness (QED) is 0.293. The summed E-state index contributed by atoms with van der Waals surface area (Å²) in [6, 6.07) is 10.8. The van der Waals surface area contributed by atoms with E-state index in [0.717, 1.165) is 49.8 Å². The van der Waals surface area contributed by atoms with Gasteiger partial charge in [-0.2, -0.15) is 35.8 Å². The van der Waals surface area contributed by atoms with Gasteiger partial charge in [0.2, 0.25) is 5.91 Å². The Balaban J connectivity index is 1.91. The van der Waals surface area contributed by atoms with Gasteiger partial charge in [0.1, 0.15) is 24.1 Å². The Morgan fingerprint density at radius 3 is 1.97 bits per heavy atom. The van der Waals surface area contributed by atoms with E-state index in [1.807, 2.05) is 37.3 Å². The first-order chi connectivity index (χ1) is 18.1. The third-order valence-electron chi connectivity index (χ3n) is 9.08. The fraction of sp³-hybridized carbons (Fsp3) is 0.552. The van der Waals surface area contributed by atoms with Crippen molar-refractivity contribution < 1.29 is 40.6 Å². The number of likely N-dealkylation sites (tertiary alicyclic amines) is 1. The highest BCUT2D eigenvalue weighted by Crippen LogP contribution is 2.58. The summed E-state index contributed by atoms with van der Waals surface area (Å²) in [6.07, 6.45) is -6.48. The first kappa shape index (κ1) is 29.4. The van der Waals surface area contributed by atoms with Crippen molar-refractivity contribution in [3.8, 4) is 0 Å². The predicted octanol–water partition coefficient (Wildman–Crippen LogP) is 7.68. The molecule has 1 heterocycles. The Morgan fingerprint density at radius 2 is 1.49 bits per heavy atom. The minimum Gasteiger partial charge on any atom is -0.369 e. The summed E-state index contributed by atoms with van der Waals surface area (Å²) in [5.74, 6) is -1.17. The van der Waals surface area contributed by atoms with Crippen LogP contribution in [0, 0.1) is 5.92 Å². The molecule has 4 nitrogen and oxygen atoms in total. The number of nitrogens with zero attached hydrogens (tertiary/aromatic N) is 1. The van der Waals surface area contributed by atoms with Crippen LogP contribution in [0.25, 0.3) is 0 Å². The highest BCUT2D eigenvalue weighted by Gasteiger charge is 2.70. The Morgan fingerprint density at radius 1 is 0.949 bits per heavy atom. The SMILES string of the molecule is CC(O[N+]1(C2(C)CCCCC2)CC[C@H](C(N)=O)[C@@]1(C)c1ccccc1)c1cc(C(F)(F)F)cc(C(F)(F)F)c1. The Labute approximate surface area is 224 Å². The summed E-state index contributed by atoms with van der Waals surface area (Å²) in [5.41, 5.74) is 2.12. The second-order valence-electron chi connectivity index (χ2n) is 11.4. The van der Waals surface area contributed by atoms with Crippen LogP contribution in [0.15, 0.2) is 48.5 Å². The Kier molecular flexibility index (Phi) is 7.62. The minimum atomic E-state index is -4.97. The Bertz CT molecular complexity index is 1160. The van der Waals surface area contributed by atoms with E-state index in [4.69, 9.17) is 10.6 Å². The molecule has 1 amide bonds. The van der Waals surface area contributed by atoms with Crippen LogP contribution in [-0.4, -0.2) is 22.6 Å². The lowest BCUT2D eigenvalue weighted by Crippen LogP contribution is -2.71. The standard InChI is InChI=1S/C29H34F6N2O2/c1-19(20-16-22(28(30,31)32)18-23(17-20)29(33,34)35)39-37(26(2)13-8-5-9-14-26)15-12-24(25(36)38)27(37,3)21-10-6-4-7-11-21/h4,6-7,10-11,16-19,24H,5,8-9,12-15H2,1-3H3,(H-,36,38)/p+1/t19?,24-,27-,37?/m1/s1. The second kappa shape index (κ2) is 10.1. The maximum atomic E-state index is 13.7. The van der Waals surface area contributed by atoms with Gasteiger partial charge in [-0.25, -0.2) is 0 Å². The van der Waals surface area contributed by atoms with Crippen molar-refractivity contribution in [2.45, 2.75) is 88.8 Å². The molecule has 2 aromatic carbocycles. The van der Waals surface area contributed by atoms with Gasteiger partial charge in [0.05, 0.1) is 11.1 Å². The van der Waals surface area contributed by atoms with Crippen LogP contribution in [0.5, 0.6) is 0 Å². The van der Waals surface area contributed by atoms with Crippen molar-refractivity contribution in [3.63, 3.8) is 0 Å². The number of carbonyl (C=O) groups is 1. The van der Waals surface area contributed by atoms with E-state index < -0.39 is 52.5 Å². The molecule has 2 unspecified atom stereocenters. The first-order valence-corrected chi connectivity index (χ1v) is 13.3. The average molecular weight is 558 g/mol. The van der Waals surface area contributed by atoms with Crippen LogP contribution < -0.4 is 5.73 Å². The van der Waals surface area contributed by atoms with Gasteiger partial charge in [0, 0.05) is 24.8 Å². The van der Waals surface area contributed by atoms with Crippen molar-refractivity contribution in [3.05, 3.63) is 70.8 Å². The topological polar surface area (TPSA) is 52.3 Å². The van der Waals surface area contributed by atoms with Gasteiger partial charge in [-0.05, 0) is 57.4 Å². The molecular weight excluding hydrogens is 522 g/mol. The average Bonchev–Trinajstić information content (AvgIpc) is 3.18. The zero-order valence-electron chi connectivity index (χ0n) is 22.3. The molecule has 10 heteroatoms. The maximum Gasteiger partial charge on any atom is 0.416 e. The van der Waals surface area contributed by atoms with E-state index in [0.29, 0.717) is 13.0 Å². The van der Waals surface area contributed by atoms with Crippen LogP contribution in [0.4, 0.5) is 26.3 Å². The zero-order valence-corrected chi connectivity index (χ0v) is 22.3. The number of halogens is 6. The molecule has 214 valence electrons. The lowest BCUT2D eigenvalue weighted by atomic mass is 9.74. The minimum absolute atomic E-state index is 0.115. The second-order valence-corrected chi connectivity index (χ2v) is 11.4. The monoisotopic (exact) mass is 557 g/mol. The lowest BCUT2D eigenvalue weighted by Gasteiger charge is -2.57. The fourth-order valence-electron chi connectivity index (χ4n) is 7.02. The number of benzene rings is 2. The van der Waals surface area contributed by atoms with E-state index in [9.17, 15) is 31.1 Å². The first-order valence-electron chi connectivity index (χ1n) is 13.3. The molecular formula is C29H35F6N2O2+. The normalized spacial score (nSPS) is 28.3. The number of nitrogens with two attached hydrogens (primary N) is 1. The van der Waals surface area contributed by atoms with Gasteiger partial charge in [0.15, 0.2) is 5.54 Å². The van der Waals surface area contributed by atoms with Crippen molar-refractivity contribution in [1.29, 1.82) is 0 Å². The molecule has 4 rings (SSSR count). The van der Waals surface area contributed by atoms with Gasteiger partial charge in [-0.1, -0.05) is 36.8 Å². The number of primary amides is 1. The van der Waals surface area contributed by atoms with Gasteiger partial charge < -0.3 is 5.73 Å². The van der Waals surface area contributed by atoms with E-state index in [1.54, 1.807) is 0 Å². The summed E-state index contributed by atoms with van der Waals surface area (Å²) in [6.45, 7) is 5.76. The third-order valence-corrected chi connectivity index (χ3v) is 9.08. The maximum absolute atomic E-state index is 13.7. The molecule has 1 saturated heterocycles. The molecule has 0 radical (unpaired) electrons. The number of hydrogen-bond acceptors (Lipinski definition) is 2. The molecule has 39 heavy (non-hydrogen) atoms. The van der Waals surface area contributed by atoms with Crippen LogP contribution in [-0.2, 0) is 27.5 Å². The van der Waals surface area contributed by atoms with Crippen LogP contribution in [0.3, 0.4) is 0 Å². The lowest BCUT2D eigenvalue weighted by molar-refractivity contribution is -1.18. The molecule has 2 aromatic rings. The van der Waals surface area contributed by atoms with E-state index in [2.05, 4.69) is 6.92 Å². The third kappa shape index (κ3) is 5.06. The van der Waals surface area contributed by atoms with E-state index in [1.165, 1.54) is 6.92 Å². The molecule has 2 N–H and O–H groups in total. The van der Waals surface area contributed by atoms with Crippen molar-refractivity contribution in [2.75, 3.05) is 6.54 Å². The number of carbonyl (C=O) groups excluding carboxylic acids is 1. The van der Waals surface area contributed by atoms with Crippen LogP contribution >= 0.6 is 0 Å². The summed E-state index contributed by atoms with van der Waals surface area (Å²) in [4.78, 5) is 19.6. The molecule has 2 fully saturated rings. The van der Waals surface area contributed by atoms with E-state index >= 15 is 0 Å². The molecule has 4 atom stereocenters. The largest absolute Gasteiger partial charge is 0.416 e. The van der Waals surface area contributed by atoms with Crippen LogP contribution in [0.1, 0.15) is 87.7 Å². The van der Waals surface area contributed by atoms with Crippen LogP contribution in [0.2, 0.25) is 0 Å². The number of quaternary nitrogens is 1. The van der Waals surface area contributed by atoms with Crippen molar-refractivity contribution in [1.82, 2.24) is 0 Å². The van der Waals surface area contributed by atoms with Crippen molar-refractivity contribution >= 4 is 5.91 Å². The van der Waals surface area contributed by atoms with E-state index in [-0.39, 0.29) is 16.3 Å². The van der Waals surface area contributed by atoms with Gasteiger partial charge >= 0.3 is 12.4 Å².